The largest absolute Gasteiger partial charge is 0.238 e. The average Bonchev–Trinajstić information content (AvgIpc) is 2.53. The van der Waals surface area contributed by atoms with Crippen molar-refractivity contribution in [3.63, 3.8) is 0 Å². The van der Waals surface area contributed by atoms with Crippen LogP contribution in [0.3, 0.4) is 0 Å². The molecule has 0 unspecified atom stereocenters. The van der Waals surface area contributed by atoms with Gasteiger partial charge in [-0.25, -0.2) is 4.68 Å². The minimum Gasteiger partial charge on any atom is -0.238 e. The van der Waals surface area contributed by atoms with E-state index >= 15 is 0 Å². The zero-order valence-electron chi connectivity index (χ0n) is 6.61. The summed E-state index contributed by atoms with van der Waals surface area (Å²) in [5, 5.41) is 5.30. The predicted molar refractivity (Wildman–Crippen MR) is 53.6 cm³/mol. The number of halogens is 2. The Bertz CT molecular complexity index is 423. The van der Waals surface area contributed by atoms with Crippen LogP contribution in [0, 0.1) is 0 Å². The predicted octanol–water partition coefficient (Wildman–Crippen LogP) is 3.18. The molecule has 0 amide bonds. The Kier molecular flexibility index (Phi) is 2.25. The summed E-state index contributed by atoms with van der Waals surface area (Å²) in [5.41, 5.74) is 0.830. The highest BCUT2D eigenvalue weighted by Gasteiger charge is 2.02. The summed E-state index contributed by atoms with van der Waals surface area (Å²) in [4.78, 5) is 0. The Morgan fingerprint density at radius 3 is 2.54 bits per heavy atom. The van der Waals surface area contributed by atoms with Crippen LogP contribution in [-0.2, 0) is 0 Å². The van der Waals surface area contributed by atoms with Gasteiger partial charge in [0.05, 0.1) is 21.9 Å². The monoisotopic (exact) mass is 212 g/mol. The van der Waals surface area contributed by atoms with Crippen molar-refractivity contribution in [2.24, 2.45) is 0 Å². The van der Waals surface area contributed by atoms with Gasteiger partial charge in [-0.1, -0.05) is 35.3 Å². The SMILES string of the molecule is Clc1cnn(-c2ccccc2Cl)c1. The van der Waals surface area contributed by atoms with Gasteiger partial charge in [-0.2, -0.15) is 5.10 Å². The number of rotatable bonds is 1. The summed E-state index contributed by atoms with van der Waals surface area (Å²) in [5.74, 6) is 0. The van der Waals surface area contributed by atoms with Crippen LogP contribution in [0.4, 0.5) is 0 Å². The number of hydrogen-bond donors (Lipinski definition) is 0. The van der Waals surface area contributed by atoms with Gasteiger partial charge in [-0.3, -0.25) is 0 Å². The fourth-order valence-corrected chi connectivity index (χ4v) is 1.43. The second-order valence-electron chi connectivity index (χ2n) is 2.55. The molecule has 66 valence electrons. The van der Waals surface area contributed by atoms with Gasteiger partial charge in [0.25, 0.3) is 0 Å². The van der Waals surface area contributed by atoms with Gasteiger partial charge >= 0.3 is 0 Å². The van der Waals surface area contributed by atoms with E-state index in [4.69, 9.17) is 23.2 Å². The minimum absolute atomic E-state index is 0.597. The van der Waals surface area contributed by atoms with Gasteiger partial charge in [0.1, 0.15) is 0 Å². The van der Waals surface area contributed by atoms with E-state index in [2.05, 4.69) is 5.10 Å². The van der Waals surface area contributed by atoms with Crippen molar-refractivity contribution in [3.05, 3.63) is 46.7 Å². The van der Waals surface area contributed by atoms with Crippen LogP contribution in [0.25, 0.3) is 5.69 Å². The smallest absolute Gasteiger partial charge is 0.0832 e. The lowest BCUT2D eigenvalue weighted by Crippen LogP contribution is -1.94. The molecule has 4 heteroatoms. The van der Waals surface area contributed by atoms with Crippen LogP contribution < -0.4 is 0 Å². The lowest BCUT2D eigenvalue weighted by Gasteiger charge is -2.01. The molecule has 0 bridgehead atoms. The Balaban J connectivity index is 2.52. The second-order valence-corrected chi connectivity index (χ2v) is 3.40. The Morgan fingerprint density at radius 2 is 1.92 bits per heavy atom. The molecule has 1 aromatic heterocycles. The Hall–Kier alpha value is -0.990. The number of hydrogen-bond acceptors (Lipinski definition) is 1. The van der Waals surface area contributed by atoms with E-state index in [0.717, 1.165) is 5.69 Å². The standard InChI is InChI=1S/C9H6Cl2N2/c10-7-5-12-13(6-7)9-4-2-1-3-8(9)11/h1-6H. The molecule has 0 saturated heterocycles. The molecule has 1 aromatic carbocycles. The lowest BCUT2D eigenvalue weighted by atomic mass is 10.3. The fourth-order valence-electron chi connectivity index (χ4n) is 1.07. The number of aromatic nitrogens is 2. The summed E-state index contributed by atoms with van der Waals surface area (Å²) in [6, 6.07) is 7.46. The maximum absolute atomic E-state index is 5.96. The molecule has 13 heavy (non-hydrogen) atoms. The third kappa shape index (κ3) is 1.69. The van der Waals surface area contributed by atoms with Crippen molar-refractivity contribution in [3.8, 4) is 5.69 Å². The van der Waals surface area contributed by atoms with Gasteiger partial charge in [-0.05, 0) is 12.1 Å². The van der Waals surface area contributed by atoms with Crippen molar-refractivity contribution in [2.75, 3.05) is 0 Å². The molecule has 0 aliphatic rings. The van der Waals surface area contributed by atoms with Crippen LogP contribution in [0.15, 0.2) is 36.7 Å². The lowest BCUT2D eigenvalue weighted by molar-refractivity contribution is 0.881. The Labute approximate surface area is 85.7 Å². The summed E-state index contributed by atoms with van der Waals surface area (Å²) < 4.78 is 1.64. The van der Waals surface area contributed by atoms with Gasteiger partial charge < -0.3 is 0 Å². The Morgan fingerprint density at radius 1 is 1.15 bits per heavy atom. The zero-order valence-corrected chi connectivity index (χ0v) is 8.13. The van der Waals surface area contributed by atoms with E-state index < -0.39 is 0 Å². The molecule has 0 atom stereocenters. The van der Waals surface area contributed by atoms with Gasteiger partial charge in [0, 0.05) is 6.20 Å². The van der Waals surface area contributed by atoms with Crippen LogP contribution in [0.5, 0.6) is 0 Å². The number of para-hydroxylation sites is 1. The average molecular weight is 213 g/mol. The van der Waals surface area contributed by atoms with Gasteiger partial charge in [0.2, 0.25) is 0 Å². The normalized spacial score (nSPS) is 10.3. The van der Waals surface area contributed by atoms with E-state index in [9.17, 15) is 0 Å². The van der Waals surface area contributed by atoms with E-state index in [1.165, 1.54) is 0 Å². The first-order valence-electron chi connectivity index (χ1n) is 3.72. The van der Waals surface area contributed by atoms with Crippen LogP contribution in [0.1, 0.15) is 0 Å². The molecule has 0 saturated carbocycles. The first-order valence-corrected chi connectivity index (χ1v) is 4.48. The molecule has 0 N–H and O–H groups in total. The summed E-state index contributed by atoms with van der Waals surface area (Å²) in [6.07, 6.45) is 3.29. The zero-order chi connectivity index (χ0) is 9.26. The number of nitrogens with zero attached hydrogens (tertiary/aromatic N) is 2. The van der Waals surface area contributed by atoms with Crippen molar-refractivity contribution in [1.29, 1.82) is 0 Å². The number of benzene rings is 1. The maximum atomic E-state index is 5.96. The van der Waals surface area contributed by atoms with E-state index in [1.54, 1.807) is 17.1 Å². The van der Waals surface area contributed by atoms with Crippen LogP contribution >= 0.6 is 23.2 Å². The van der Waals surface area contributed by atoms with Gasteiger partial charge in [-0.15, -0.1) is 0 Å². The molecule has 2 nitrogen and oxygen atoms in total. The molecule has 0 spiro atoms. The topological polar surface area (TPSA) is 17.8 Å². The van der Waals surface area contributed by atoms with E-state index in [1.807, 2.05) is 24.3 Å². The fraction of sp³-hybridized carbons (Fsp3) is 0. The van der Waals surface area contributed by atoms with Crippen LogP contribution in [0.2, 0.25) is 10.0 Å². The highest BCUT2D eigenvalue weighted by atomic mass is 35.5. The first-order chi connectivity index (χ1) is 6.27. The highest BCUT2D eigenvalue weighted by Crippen LogP contribution is 2.20. The third-order valence-electron chi connectivity index (χ3n) is 1.65. The third-order valence-corrected chi connectivity index (χ3v) is 2.17. The molecule has 2 aromatic rings. The van der Waals surface area contributed by atoms with Crippen molar-refractivity contribution >= 4 is 23.2 Å². The maximum Gasteiger partial charge on any atom is 0.0832 e. The van der Waals surface area contributed by atoms with Crippen molar-refractivity contribution < 1.29 is 0 Å². The molecular weight excluding hydrogens is 207 g/mol. The molecular formula is C9H6Cl2N2. The van der Waals surface area contributed by atoms with Crippen molar-refractivity contribution in [2.45, 2.75) is 0 Å². The molecule has 0 radical (unpaired) electrons. The summed E-state index contributed by atoms with van der Waals surface area (Å²) in [7, 11) is 0. The summed E-state index contributed by atoms with van der Waals surface area (Å²) in [6.45, 7) is 0. The van der Waals surface area contributed by atoms with Crippen LogP contribution in [-0.4, -0.2) is 9.78 Å². The molecule has 1 heterocycles. The second kappa shape index (κ2) is 3.40. The molecule has 0 aliphatic heterocycles. The molecule has 0 fully saturated rings. The minimum atomic E-state index is 0.597. The van der Waals surface area contributed by atoms with E-state index in [-0.39, 0.29) is 0 Å². The first kappa shape index (κ1) is 8.60. The molecule has 0 aliphatic carbocycles. The summed E-state index contributed by atoms with van der Waals surface area (Å²) >= 11 is 11.7. The highest BCUT2D eigenvalue weighted by molar-refractivity contribution is 6.32. The van der Waals surface area contributed by atoms with Gasteiger partial charge in [0.15, 0.2) is 0 Å². The quantitative estimate of drug-likeness (QED) is 0.711. The van der Waals surface area contributed by atoms with Crippen molar-refractivity contribution in [1.82, 2.24) is 9.78 Å². The molecule has 2 rings (SSSR count). The van der Waals surface area contributed by atoms with E-state index in [0.29, 0.717) is 10.0 Å².